The summed E-state index contributed by atoms with van der Waals surface area (Å²) in [5.41, 5.74) is 7.41. The zero-order valence-corrected chi connectivity index (χ0v) is 14.1. The van der Waals surface area contributed by atoms with Crippen molar-refractivity contribution in [3.63, 3.8) is 0 Å². The van der Waals surface area contributed by atoms with Gasteiger partial charge < -0.3 is 15.6 Å². The minimum absolute atomic E-state index is 0. The van der Waals surface area contributed by atoms with E-state index in [-0.39, 0.29) is 35.2 Å². The van der Waals surface area contributed by atoms with Crippen LogP contribution in [0, 0.1) is 5.82 Å². The number of hydrogen-bond donors (Lipinski definition) is 2. The second kappa shape index (κ2) is 6.10. The number of nitrogens with zero attached hydrogens (tertiary/aromatic N) is 2. The number of aromatic nitrogens is 2. The van der Waals surface area contributed by atoms with Crippen LogP contribution in [-0.2, 0) is 11.2 Å². The lowest BCUT2D eigenvalue weighted by Crippen LogP contribution is -2.59. The summed E-state index contributed by atoms with van der Waals surface area (Å²) >= 11 is 0. The number of nitrogens with two attached hydrogens (primary N) is 1. The van der Waals surface area contributed by atoms with Gasteiger partial charge in [-0.3, -0.25) is 4.98 Å². The van der Waals surface area contributed by atoms with Crippen molar-refractivity contribution >= 4 is 23.4 Å². The molecule has 2 saturated heterocycles. The Bertz CT molecular complexity index is 741. The Balaban J connectivity index is 0.00000169. The average Bonchev–Trinajstić information content (AvgIpc) is 2.55. The van der Waals surface area contributed by atoms with E-state index >= 15 is 0 Å². The molecule has 0 aromatic carbocycles. The lowest BCUT2D eigenvalue weighted by atomic mass is 9.70. The number of aryl methyl sites for hydroxylation is 1. The third kappa shape index (κ3) is 2.94. The summed E-state index contributed by atoms with van der Waals surface area (Å²) in [6.07, 6.45) is 6.24. The van der Waals surface area contributed by atoms with Crippen molar-refractivity contribution in [2.75, 3.05) is 6.61 Å². The molecule has 5 rings (SSSR count). The van der Waals surface area contributed by atoms with Gasteiger partial charge in [0.25, 0.3) is 0 Å². The minimum Gasteiger partial charge on any atom is -0.493 e. The van der Waals surface area contributed by atoms with Crippen LogP contribution in [-0.4, -0.2) is 32.8 Å². The zero-order valence-electron chi connectivity index (χ0n) is 13.3. The summed E-state index contributed by atoms with van der Waals surface area (Å²) in [7, 11) is 0. The smallest absolute Gasteiger partial charge is 0.211 e. The van der Waals surface area contributed by atoms with Gasteiger partial charge in [0.2, 0.25) is 5.88 Å². The molecule has 5 nitrogen and oxygen atoms in total. The highest BCUT2D eigenvalue weighted by Crippen LogP contribution is 2.44. The third-order valence-corrected chi connectivity index (χ3v) is 5.40. The van der Waals surface area contributed by atoms with Crippen molar-refractivity contribution < 1.29 is 14.2 Å². The molecule has 2 aromatic rings. The van der Waals surface area contributed by atoms with Crippen LogP contribution in [0.3, 0.4) is 0 Å². The van der Waals surface area contributed by atoms with E-state index in [9.17, 15) is 9.50 Å². The summed E-state index contributed by atoms with van der Waals surface area (Å²) in [6.45, 7) is 0.589. The maximum absolute atomic E-state index is 14.3. The molecular formula is C17H21ClFN3O2. The van der Waals surface area contributed by atoms with Crippen molar-refractivity contribution in [3.05, 3.63) is 29.7 Å². The SMILES string of the molecule is Cl.NC12CCC(CCc3c(F)cnc4ccc(O)nc34)(CC1)OC2. The highest BCUT2D eigenvalue weighted by Gasteiger charge is 2.47. The largest absolute Gasteiger partial charge is 0.493 e. The fraction of sp³-hybridized carbons (Fsp3) is 0.529. The first kappa shape index (κ1) is 17.3. The van der Waals surface area contributed by atoms with Gasteiger partial charge in [0.15, 0.2) is 0 Å². The molecule has 7 heteroatoms. The Morgan fingerprint density at radius 3 is 2.67 bits per heavy atom. The molecule has 3 fully saturated rings. The van der Waals surface area contributed by atoms with Crippen LogP contribution in [0.4, 0.5) is 4.39 Å². The van der Waals surface area contributed by atoms with Crippen molar-refractivity contribution in [2.24, 2.45) is 5.73 Å². The average molecular weight is 354 g/mol. The topological polar surface area (TPSA) is 81.3 Å². The fourth-order valence-corrected chi connectivity index (χ4v) is 3.79. The summed E-state index contributed by atoms with van der Waals surface area (Å²) in [4.78, 5) is 8.10. The van der Waals surface area contributed by atoms with Crippen LogP contribution in [0.25, 0.3) is 11.0 Å². The maximum atomic E-state index is 14.3. The molecule has 2 bridgehead atoms. The second-order valence-electron chi connectivity index (χ2n) is 6.96. The monoisotopic (exact) mass is 353 g/mol. The first-order chi connectivity index (χ1) is 11.0. The molecule has 0 amide bonds. The predicted molar refractivity (Wildman–Crippen MR) is 90.8 cm³/mol. The highest BCUT2D eigenvalue weighted by atomic mass is 35.5. The van der Waals surface area contributed by atoms with E-state index in [0.29, 0.717) is 29.6 Å². The summed E-state index contributed by atoms with van der Waals surface area (Å²) in [6, 6.07) is 3.11. The molecule has 4 heterocycles. The molecular weight excluding hydrogens is 333 g/mol. The number of pyridine rings is 2. The molecule has 130 valence electrons. The Hall–Kier alpha value is -1.50. The van der Waals surface area contributed by atoms with E-state index < -0.39 is 0 Å². The maximum Gasteiger partial charge on any atom is 0.211 e. The van der Waals surface area contributed by atoms with Gasteiger partial charge in [-0.15, -0.1) is 12.4 Å². The minimum atomic E-state index is -0.383. The summed E-state index contributed by atoms with van der Waals surface area (Å²) in [5.74, 6) is -0.504. The Labute approximate surface area is 145 Å². The molecule has 1 saturated carbocycles. The van der Waals surface area contributed by atoms with Gasteiger partial charge >= 0.3 is 0 Å². The molecule has 0 atom stereocenters. The lowest BCUT2D eigenvalue weighted by Gasteiger charge is -2.51. The van der Waals surface area contributed by atoms with Crippen LogP contribution >= 0.6 is 12.4 Å². The van der Waals surface area contributed by atoms with E-state index in [2.05, 4.69) is 9.97 Å². The number of fused-ring (bicyclic) bond motifs is 4. The first-order valence-corrected chi connectivity index (χ1v) is 8.05. The molecule has 0 radical (unpaired) electrons. The Kier molecular flexibility index (Phi) is 4.40. The molecule has 3 N–H and O–H groups in total. The van der Waals surface area contributed by atoms with E-state index in [1.807, 2.05) is 0 Å². The normalized spacial score (nSPS) is 28.8. The van der Waals surface area contributed by atoms with E-state index in [4.69, 9.17) is 10.5 Å². The molecule has 2 aromatic heterocycles. The van der Waals surface area contributed by atoms with E-state index in [1.54, 1.807) is 6.07 Å². The molecule has 0 unspecified atom stereocenters. The number of halogens is 2. The molecule has 0 spiro atoms. The van der Waals surface area contributed by atoms with Gasteiger partial charge in [-0.25, -0.2) is 9.37 Å². The van der Waals surface area contributed by atoms with Gasteiger partial charge in [0, 0.05) is 17.2 Å². The number of hydrogen-bond acceptors (Lipinski definition) is 5. The van der Waals surface area contributed by atoms with Crippen LogP contribution in [0.5, 0.6) is 5.88 Å². The van der Waals surface area contributed by atoms with Crippen molar-refractivity contribution in [3.8, 4) is 5.88 Å². The number of rotatable bonds is 3. The van der Waals surface area contributed by atoms with Crippen molar-refractivity contribution in [1.29, 1.82) is 0 Å². The van der Waals surface area contributed by atoms with Crippen LogP contribution in [0.1, 0.15) is 37.7 Å². The van der Waals surface area contributed by atoms with Gasteiger partial charge in [0.05, 0.1) is 29.4 Å². The number of ether oxygens (including phenoxy) is 1. The third-order valence-electron chi connectivity index (χ3n) is 5.40. The predicted octanol–water partition coefficient (Wildman–Crippen LogP) is 2.87. The van der Waals surface area contributed by atoms with E-state index in [0.717, 1.165) is 32.1 Å². The zero-order chi connectivity index (χ0) is 16.1. The summed E-state index contributed by atoms with van der Waals surface area (Å²) < 4.78 is 20.3. The van der Waals surface area contributed by atoms with Gasteiger partial charge in [0.1, 0.15) is 5.82 Å². The Morgan fingerprint density at radius 1 is 1.25 bits per heavy atom. The molecule has 1 aliphatic carbocycles. The second-order valence-corrected chi connectivity index (χ2v) is 6.96. The van der Waals surface area contributed by atoms with E-state index in [1.165, 1.54) is 12.3 Å². The fourth-order valence-electron chi connectivity index (χ4n) is 3.79. The lowest BCUT2D eigenvalue weighted by molar-refractivity contribution is -0.156. The summed E-state index contributed by atoms with van der Waals surface area (Å²) in [5, 5.41) is 9.59. The molecule has 3 aliphatic rings. The highest BCUT2D eigenvalue weighted by molar-refractivity contribution is 5.85. The van der Waals surface area contributed by atoms with Crippen molar-refractivity contribution in [2.45, 2.75) is 49.7 Å². The van der Waals surface area contributed by atoms with Gasteiger partial charge in [-0.1, -0.05) is 0 Å². The molecule has 24 heavy (non-hydrogen) atoms. The first-order valence-electron chi connectivity index (χ1n) is 8.05. The number of aromatic hydroxyl groups is 1. The van der Waals surface area contributed by atoms with Gasteiger partial charge in [-0.05, 0) is 44.6 Å². The van der Waals surface area contributed by atoms with Crippen LogP contribution < -0.4 is 5.73 Å². The van der Waals surface area contributed by atoms with Crippen LogP contribution in [0.15, 0.2) is 18.3 Å². The molecule has 2 aliphatic heterocycles. The van der Waals surface area contributed by atoms with Crippen molar-refractivity contribution in [1.82, 2.24) is 9.97 Å². The van der Waals surface area contributed by atoms with Gasteiger partial charge in [-0.2, -0.15) is 0 Å². The Morgan fingerprint density at radius 2 is 2.00 bits per heavy atom. The quantitative estimate of drug-likeness (QED) is 0.886. The van der Waals surface area contributed by atoms with Crippen LogP contribution in [0.2, 0.25) is 0 Å². The standard InChI is InChI=1S/C17H20FN3O2.ClH/c18-12-9-20-13-1-2-14(22)21-15(13)11(12)3-4-17-7-5-16(19,6-8-17)10-23-17;/h1-2,9H,3-8,10,19H2,(H,21,22);1H.